The zero-order valence-electron chi connectivity index (χ0n) is 16.6. The van der Waals surface area contributed by atoms with Crippen LogP contribution in [-0.4, -0.2) is 40.3 Å². The van der Waals surface area contributed by atoms with Crippen LogP contribution in [0.3, 0.4) is 0 Å². The van der Waals surface area contributed by atoms with Crippen LogP contribution in [0.15, 0.2) is 53.5 Å². The molecule has 0 bridgehead atoms. The van der Waals surface area contributed by atoms with Crippen LogP contribution in [0.5, 0.6) is 0 Å². The van der Waals surface area contributed by atoms with E-state index in [1.54, 1.807) is 14.0 Å². The number of guanidine groups is 1. The third-order valence-electron chi connectivity index (χ3n) is 4.11. The Kier molecular flexibility index (Phi) is 11.0. The molecule has 0 saturated carbocycles. The molecule has 0 atom stereocenters. The third kappa shape index (κ3) is 9.44. The van der Waals surface area contributed by atoms with E-state index < -0.39 is 15.8 Å². The molecule has 0 saturated heterocycles. The molecule has 29 heavy (non-hydrogen) atoms. The molecular weight excluding hydrogens is 506 g/mol. The lowest BCUT2D eigenvalue weighted by Gasteiger charge is -2.13. The molecule has 0 fully saturated rings. The van der Waals surface area contributed by atoms with Gasteiger partial charge in [0.05, 0.1) is 11.4 Å². The summed E-state index contributed by atoms with van der Waals surface area (Å²) in [5, 5.41) is 6.14. The van der Waals surface area contributed by atoms with Crippen LogP contribution in [0.2, 0.25) is 0 Å². The van der Waals surface area contributed by atoms with Crippen molar-refractivity contribution in [1.29, 1.82) is 0 Å². The molecule has 0 aromatic heterocycles. The maximum Gasteiger partial charge on any atom is 0.234 e. The summed E-state index contributed by atoms with van der Waals surface area (Å²) in [6.07, 6.45) is 1.89. The van der Waals surface area contributed by atoms with Gasteiger partial charge in [0, 0.05) is 20.1 Å². The van der Waals surface area contributed by atoms with Crippen molar-refractivity contribution in [2.24, 2.45) is 4.99 Å². The molecule has 0 aliphatic rings. The fraction of sp³-hybridized carbons (Fsp3) is 0.350. The predicted octanol–water partition coefficient (Wildman–Crippen LogP) is 3.29. The Bertz CT molecular complexity index is 893. The van der Waals surface area contributed by atoms with Gasteiger partial charge in [0.2, 0.25) is 10.0 Å². The van der Waals surface area contributed by atoms with E-state index in [0.717, 1.165) is 19.4 Å². The summed E-state index contributed by atoms with van der Waals surface area (Å²) in [4.78, 5) is 4.09. The molecule has 0 aliphatic heterocycles. The van der Waals surface area contributed by atoms with Crippen LogP contribution in [0.25, 0.3) is 0 Å². The summed E-state index contributed by atoms with van der Waals surface area (Å²) in [5.74, 6) is -0.0594. The van der Waals surface area contributed by atoms with Gasteiger partial charge in [-0.05, 0) is 43.0 Å². The number of hydrogen-bond donors (Lipinski definition) is 3. The van der Waals surface area contributed by atoms with Crippen LogP contribution in [0.4, 0.5) is 10.1 Å². The van der Waals surface area contributed by atoms with E-state index in [9.17, 15) is 12.8 Å². The van der Waals surface area contributed by atoms with Crippen LogP contribution < -0.4 is 15.4 Å². The highest BCUT2D eigenvalue weighted by Gasteiger charge is 2.11. The number of hydrogen-bond acceptors (Lipinski definition) is 3. The Balaban J connectivity index is 0.00000420. The average Bonchev–Trinajstić information content (AvgIpc) is 2.67. The molecule has 6 nitrogen and oxygen atoms in total. The number of anilines is 1. The lowest BCUT2D eigenvalue weighted by molar-refractivity contribution is 0.599. The Morgan fingerprint density at radius 1 is 1.07 bits per heavy atom. The fourth-order valence-electron chi connectivity index (χ4n) is 2.56. The first-order chi connectivity index (χ1) is 13.4. The number of nitrogens with zero attached hydrogens (tertiary/aromatic N) is 1. The topological polar surface area (TPSA) is 82.6 Å². The van der Waals surface area contributed by atoms with E-state index in [0.29, 0.717) is 11.5 Å². The van der Waals surface area contributed by atoms with Crippen LogP contribution in [0.1, 0.15) is 17.5 Å². The van der Waals surface area contributed by atoms with Gasteiger partial charge in [0.15, 0.2) is 5.96 Å². The Morgan fingerprint density at radius 3 is 2.41 bits per heavy atom. The van der Waals surface area contributed by atoms with Crippen molar-refractivity contribution in [2.45, 2.75) is 19.8 Å². The zero-order chi connectivity index (χ0) is 20.4. The second-order valence-corrected chi connectivity index (χ2v) is 8.24. The number of aliphatic imine (C=N–C) groups is 1. The van der Waals surface area contributed by atoms with Gasteiger partial charge < -0.3 is 10.6 Å². The number of rotatable bonds is 9. The molecule has 3 N–H and O–H groups in total. The van der Waals surface area contributed by atoms with E-state index in [4.69, 9.17) is 0 Å². The maximum absolute atomic E-state index is 13.5. The Labute approximate surface area is 189 Å². The van der Waals surface area contributed by atoms with Crippen LogP contribution in [0, 0.1) is 12.7 Å². The van der Waals surface area contributed by atoms with Crippen molar-refractivity contribution in [3.05, 3.63) is 65.5 Å². The van der Waals surface area contributed by atoms with Crippen molar-refractivity contribution >= 4 is 45.6 Å². The molecule has 0 heterocycles. The summed E-state index contributed by atoms with van der Waals surface area (Å²) < 4.78 is 40.2. The van der Waals surface area contributed by atoms with Gasteiger partial charge in [-0.25, -0.2) is 12.8 Å². The molecule has 2 aromatic carbocycles. The minimum Gasteiger partial charge on any atom is -0.356 e. The maximum atomic E-state index is 13.5. The number of nitrogens with one attached hydrogen (secondary N) is 3. The molecule has 0 aliphatic carbocycles. The van der Waals surface area contributed by atoms with Gasteiger partial charge in [-0.1, -0.05) is 36.4 Å². The van der Waals surface area contributed by atoms with Crippen molar-refractivity contribution < 1.29 is 12.8 Å². The van der Waals surface area contributed by atoms with E-state index >= 15 is 0 Å². The highest BCUT2D eigenvalue weighted by Crippen LogP contribution is 2.14. The Morgan fingerprint density at radius 2 is 1.76 bits per heavy atom. The van der Waals surface area contributed by atoms with Crippen molar-refractivity contribution in [2.75, 3.05) is 30.6 Å². The molecule has 0 unspecified atom stereocenters. The smallest absolute Gasteiger partial charge is 0.234 e. The van der Waals surface area contributed by atoms with Crippen molar-refractivity contribution in [3.8, 4) is 0 Å². The molecule has 9 heteroatoms. The minimum atomic E-state index is -3.59. The van der Waals surface area contributed by atoms with Gasteiger partial charge in [-0.2, -0.15) is 0 Å². The van der Waals surface area contributed by atoms with E-state index in [2.05, 4.69) is 32.5 Å². The largest absolute Gasteiger partial charge is 0.356 e. The van der Waals surface area contributed by atoms with Gasteiger partial charge in [-0.3, -0.25) is 9.71 Å². The number of halogens is 2. The predicted molar refractivity (Wildman–Crippen MR) is 128 cm³/mol. The van der Waals surface area contributed by atoms with Gasteiger partial charge in [-0.15, -0.1) is 24.0 Å². The summed E-state index contributed by atoms with van der Waals surface area (Å²) in [5.41, 5.74) is 1.95. The molecule has 0 spiro atoms. The second-order valence-electron chi connectivity index (χ2n) is 6.40. The summed E-state index contributed by atoms with van der Waals surface area (Å²) in [6, 6.07) is 14.4. The van der Waals surface area contributed by atoms with E-state index in [-0.39, 0.29) is 42.0 Å². The number of aryl methyl sites for hydroxylation is 2. The molecule has 2 aromatic rings. The highest BCUT2D eigenvalue weighted by atomic mass is 127. The first-order valence-corrected chi connectivity index (χ1v) is 10.8. The fourth-order valence-corrected chi connectivity index (χ4v) is 3.51. The van der Waals surface area contributed by atoms with Crippen molar-refractivity contribution in [3.63, 3.8) is 0 Å². The summed E-state index contributed by atoms with van der Waals surface area (Å²) >= 11 is 0. The summed E-state index contributed by atoms with van der Waals surface area (Å²) in [6.45, 7) is 2.53. The molecule has 160 valence electrons. The molecule has 0 amide bonds. The van der Waals surface area contributed by atoms with E-state index in [1.165, 1.54) is 23.8 Å². The lowest BCUT2D eigenvalue weighted by Crippen LogP contribution is -2.40. The van der Waals surface area contributed by atoms with Gasteiger partial charge in [0.25, 0.3) is 0 Å². The number of sulfonamides is 1. The third-order valence-corrected chi connectivity index (χ3v) is 5.40. The average molecular weight is 534 g/mol. The van der Waals surface area contributed by atoms with Crippen molar-refractivity contribution in [1.82, 2.24) is 10.6 Å². The molecule has 2 rings (SSSR count). The van der Waals surface area contributed by atoms with E-state index in [1.807, 2.05) is 18.2 Å². The lowest BCUT2D eigenvalue weighted by atomic mass is 10.1. The highest BCUT2D eigenvalue weighted by molar-refractivity contribution is 14.0. The van der Waals surface area contributed by atoms with Crippen LogP contribution >= 0.6 is 24.0 Å². The van der Waals surface area contributed by atoms with Gasteiger partial charge >= 0.3 is 0 Å². The quantitative estimate of drug-likeness (QED) is 0.200. The first kappa shape index (κ1) is 25.2. The minimum absolute atomic E-state index is 0. The normalized spacial score (nSPS) is 11.5. The van der Waals surface area contributed by atoms with Crippen LogP contribution in [-0.2, 0) is 16.4 Å². The summed E-state index contributed by atoms with van der Waals surface area (Å²) in [7, 11) is -1.96. The standard InChI is InChI=1S/C20H27FN4O2S.HI/c1-16-10-11-18(15-19(16)21)25-28(26,27)14-13-24-20(22-2)23-12-6-9-17-7-4-3-5-8-17;/h3-5,7-8,10-11,15,25H,6,9,12-14H2,1-2H3,(H2,22,23,24);1H. The number of benzene rings is 2. The van der Waals surface area contributed by atoms with Gasteiger partial charge in [0.1, 0.15) is 5.82 Å². The Hall–Kier alpha value is -1.88. The molecular formula is C20H28FIN4O2S. The first-order valence-electron chi connectivity index (χ1n) is 9.15. The monoisotopic (exact) mass is 534 g/mol. The SMILES string of the molecule is CN=C(NCCCc1ccccc1)NCCS(=O)(=O)Nc1ccc(C)c(F)c1.I. The zero-order valence-corrected chi connectivity index (χ0v) is 19.8. The molecule has 0 radical (unpaired) electrons. The second kappa shape index (κ2) is 12.6.